The maximum absolute atomic E-state index is 5.82. The van der Waals surface area contributed by atoms with Crippen LogP contribution in [0.15, 0.2) is 18.2 Å². The van der Waals surface area contributed by atoms with Crippen molar-refractivity contribution < 1.29 is 9.47 Å². The lowest BCUT2D eigenvalue weighted by atomic mass is 9.87. The average Bonchev–Trinajstić information content (AvgIpc) is 2.54. The Morgan fingerprint density at radius 2 is 2.29 bits per heavy atom. The van der Waals surface area contributed by atoms with Gasteiger partial charge in [0.25, 0.3) is 0 Å². The normalized spacial score (nSPS) is 25.7. The van der Waals surface area contributed by atoms with Crippen molar-refractivity contribution in [2.75, 3.05) is 40.4 Å². The molecule has 1 aliphatic carbocycles. The molecule has 2 atom stereocenters. The minimum absolute atomic E-state index is 0.329. The summed E-state index contributed by atoms with van der Waals surface area (Å²) < 4.78 is 11.2. The SMILES string of the molecule is COc1ccc2c(c1)CC(N(C)CC1CNCCO1)CC2. The molecule has 0 saturated carbocycles. The lowest BCUT2D eigenvalue weighted by Crippen LogP contribution is -2.47. The van der Waals surface area contributed by atoms with Gasteiger partial charge in [0.05, 0.1) is 19.8 Å². The lowest BCUT2D eigenvalue weighted by Gasteiger charge is -2.35. The first-order valence-corrected chi connectivity index (χ1v) is 7.94. The molecular formula is C17H26N2O2. The number of likely N-dealkylation sites (N-methyl/N-ethyl adjacent to an activating group) is 1. The van der Waals surface area contributed by atoms with Crippen LogP contribution in [0, 0.1) is 0 Å². The van der Waals surface area contributed by atoms with Crippen molar-refractivity contribution in [1.82, 2.24) is 10.2 Å². The molecule has 0 radical (unpaired) electrons. The summed E-state index contributed by atoms with van der Waals surface area (Å²) in [7, 11) is 3.97. The fraction of sp³-hybridized carbons (Fsp3) is 0.647. The molecule has 4 heteroatoms. The van der Waals surface area contributed by atoms with Gasteiger partial charge in [0, 0.05) is 25.7 Å². The van der Waals surface area contributed by atoms with E-state index in [2.05, 4.69) is 35.5 Å². The molecule has 1 aromatic carbocycles. The number of fused-ring (bicyclic) bond motifs is 1. The molecule has 0 aromatic heterocycles. The summed E-state index contributed by atoms with van der Waals surface area (Å²) in [5, 5.41) is 3.41. The summed E-state index contributed by atoms with van der Waals surface area (Å²) in [5.41, 5.74) is 2.93. The Kier molecular flexibility index (Phi) is 4.78. The smallest absolute Gasteiger partial charge is 0.119 e. The Bertz CT molecular complexity index is 472. The quantitative estimate of drug-likeness (QED) is 0.910. The van der Waals surface area contributed by atoms with E-state index in [0.717, 1.165) is 44.8 Å². The van der Waals surface area contributed by atoms with Gasteiger partial charge in [-0.15, -0.1) is 0 Å². The molecule has 0 spiro atoms. The summed E-state index contributed by atoms with van der Waals surface area (Å²) in [6.07, 6.45) is 3.84. The Hall–Kier alpha value is -1.10. The molecule has 2 aliphatic rings. The second-order valence-electron chi connectivity index (χ2n) is 6.17. The number of methoxy groups -OCH3 is 1. The molecule has 0 bridgehead atoms. The van der Waals surface area contributed by atoms with Crippen molar-refractivity contribution in [3.05, 3.63) is 29.3 Å². The molecular weight excluding hydrogens is 264 g/mol. The van der Waals surface area contributed by atoms with Gasteiger partial charge in [-0.25, -0.2) is 0 Å². The summed E-state index contributed by atoms with van der Waals surface area (Å²) in [5.74, 6) is 0.969. The van der Waals surface area contributed by atoms with Crippen LogP contribution in [0.25, 0.3) is 0 Å². The number of nitrogens with zero attached hydrogens (tertiary/aromatic N) is 1. The zero-order valence-corrected chi connectivity index (χ0v) is 13.1. The van der Waals surface area contributed by atoms with E-state index in [4.69, 9.17) is 9.47 Å². The molecule has 2 unspecified atom stereocenters. The first-order valence-electron chi connectivity index (χ1n) is 7.94. The Morgan fingerprint density at radius 3 is 3.05 bits per heavy atom. The number of morpholine rings is 1. The highest BCUT2D eigenvalue weighted by molar-refractivity contribution is 5.37. The van der Waals surface area contributed by atoms with Crippen LogP contribution in [0.3, 0.4) is 0 Å². The van der Waals surface area contributed by atoms with Crippen LogP contribution >= 0.6 is 0 Å². The fourth-order valence-corrected chi connectivity index (χ4v) is 3.42. The van der Waals surface area contributed by atoms with Gasteiger partial charge in [-0.1, -0.05) is 6.07 Å². The summed E-state index contributed by atoms with van der Waals surface area (Å²) in [4.78, 5) is 2.47. The first kappa shape index (κ1) is 14.8. The van der Waals surface area contributed by atoms with Crippen molar-refractivity contribution in [3.63, 3.8) is 0 Å². The van der Waals surface area contributed by atoms with E-state index in [1.807, 2.05) is 0 Å². The molecule has 3 rings (SSSR count). The number of benzene rings is 1. The van der Waals surface area contributed by atoms with Crippen LogP contribution in [-0.2, 0) is 17.6 Å². The maximum atomic E-state index is 5.82. The predicted octanol–water partition coefficient (Wildman–Crippen LogP) is 1.47. The van der Waals surface area contributed by atoms with Crippen LogP contribution in [0.1, 0.15) is 17.5 Å². The molecule has 1 fully saturated rings. The minimum Gasteiger partial charge on any atom is -0.497 e. The first-order chi connectivity index (χ1) is 10.3. The van der Waals surface area contributed by atoms with Gasteiger partial charge in [-0.05, 0) is 49.6 Å². The van der Waals surface area contributed by atoms with Crippen molar-refractivity contribution in [1.29, 1.82) is 0 Å². The van der Waals surface area contributed by atoms with Gasteiger partial charge >= 0.3 is 0 Å². The van der Waals surface area contributed by atoms with E-state index in [1.54, 1.807) is 7.11 Å². The highest BCUT2D eigenvalue weighted by Crippen LogP contribution is 2.27. The molecule has 1 aromatic rings. The number of aryl methyl sites for hydroxylation is 1. The third kappa shape index (κ3) is 3.57. The summed E-state index contributed by atoms with van der Waals surface area (Å²) >= 11 is 0. The molecule has 1 aliphatic heterocycles. The number of rotatable bonds is 4. The highest BCUT2D eigenvalue weighted by atomic mass is 16.5. The zero-order valence-electron chi connectivity index (χ0n) is 13.1. The van der Waals surface area contributed by atoms with E-state index < -0.39 is 0 Å². The topological polar surface area (TPSA) is 33.7 Å². The molecule has 4 nitrogen and oxygen atoms in total. The second-order valence-corrected chi connectivity index (χ2v) is 6.17. The Labute approximate surface area is 127 Å². The van der Waals surface area contributed by atoms with E-state index in [1.165, 1.54) is 17.5 Å². The van der Waals surface area contributed by atoms with Crippen LogP contribution < -0.4 is 10.1 Å². The minimum atomic E-state index is 0.329. The summed E-state index contributed by atoms with van der Waals surface area (Å²) in [6, 6.07) is 7.10. The number of hydrogen-bond acceptors (Lipinski definition) is 4. The highest BCUT2D eigenvalue weighted by Gasteiger charge is 2.25. The van der Waals surface area contributed by atoms with Crippen molar-refractivity contribution >= 4 is 0 Å². The van der Waals surface area contributed by atoms with Gasteiger partial charge in [0.15, 0.2) is 0 Å². The molecule has 0 amide bonds. The average molecular weight is 290 g/mol. The third-order valence-corrected chi connectivity index (χ3v) is 4.74. The van der Waals surface area contributed by atoms with Crippen molar-refractivity contribution in [3.8, 4) is 5.75 Å². The number of nitrogens with one attached hydrogen (secondary N) is 1. The fourth-order valence-electron chi connectivity index (χ4n) is 3.42. The lowest BCUT2D eigenvalue weighted by molar-refractivity contribution is 0.00174. The van der Waals surface area contributed by atoms with Crippen molar-refractivity contribution in [2.24, 2.45) is 0 Å². The van der Waals surface area contributed by atoms with E-state index in [0.29, 0.717) is 12.1 Å². The second kappa shape index (κ2) is 6.77. The number of ether oxygens (including phenoxy) is 2. The Balaban J connectivity index is 1.61. The molecule has 21 heavy (non-hydrogen) atoms. The summed E-state index contributed by atoms with van der Waals surface area (Å²) in [6.45, 7) is 3.80. The van der Waals surface area contributed by atoms with Crippen molar-refractivity contribution in [2.45, 2.75) is 31.4 Å². The van der Waals surface area contributed by atoms with Gasteiger partial charge in [0.2, 0.25) is 0 Å². The van der Waals surface area contributed by atoms with Crippen LogP contribution in [-0.4, -0.2) is 57.4 Å². The van der Waals surface area contributed by atoms with Gasteiger partial charge in [-0.2, -0.15) is 0 Å². The molecule has 1 saturated heterocycles. The van der Waals surface area contributed by atoms with Gasteiger partial charge < -0.3 is 19.7 Å². The maximum Gasteiger partial charge on any atom is 0.119 e. The van der Waals surface area contributed by atoms with E-state index >= 15 is 0 Å². The monoisotopic (exact) mass is 290 g/mol. The number of hydrogen-bond donors (Lipinski definition) is 1. The Morgan fingerprint density at radius 1 is 1.38 bits per heavy atom. The zero-order chi connectivity index (χ0) is 14.7. The van der Waals surface area contributed by atoms with Gasteiger partial charge in [0.1, 0.15) is 5.75 Å². The van der Waals surface area contributed by atoms with E-state index in [9.17, 15) is 0 Å². The largest absolute Gasteiger partial charge is 0.497 e. The van der Waals surface area contributed by atoms with E-state index in [-0.39, 0.29) is 0 Å². The van der Waals surface area contributed by atoms with Crippen LogP contribution in [0.2, 0.25) is 0 Å². The third-order valence-electron chi connectivity index (χ3n) is 4.74. The predicted molar refractivity (Wildman–Crippen MR) is 84.0 cm³/mol. The van der Waals surface area contributed by atoms with Crippen LogP contribution in [0.5, 0.6) is 5.75 Å². The molecule has 116 valence electrons. The molecule has 1 N–H and O–H groups in total. The van der Waals surface area contributed by atoms with Crippen LogP contribution in [0.4, 0.5) is 0 Å². The standard InChI is InChI=1S/C17H26N2O2/c1-19(12-17-11-18-7-8-21-17)15-5-3-13-4-6-16(20-2)10-14(13)9-15/h4,6,10,15,17-18H,3,5,7-9,11-12H2,1-2H3. The van der Waals surface area contributed by atoms with Gasteiger partial charge in [-0.3, -0.25) is 0 Å². The molecule has 1 heterocycles.